The molecule has 8 rings (SSSR count). The molecule has 1 saturated heterocycles. The molecule has 6 aliphatic carbocycles. The van der Waals surface area contributed by atoms with Crippen LogP contribution in [0.2, 0.25) is 0 Å². The highest BCUT2D eigenvalue weighted by atomic mass is 16.3. The lowest BCUT2D eigenvalue weighted by atomic mass is 9.32. The number of ketones is 1. The van der Waals surface area contributed by atoms with Gasteiger partial charge < -0.3 is 19.7 Å². The zero-order valence-electron chi connectivity index (χ0n) is 24.1. The van der Waals surface area contributed by atoms with E-state index in [0.29, 0.717) is 31.2 Å². The Kier molecular flexibility index (Phi) is 6.17. The lowest BCUT2D eigenvalue weighted by Gasteiger charge is -2.71. The number of Topliss-reactive ketones (excluding diaryl/α,β-unsaturated/α-hetero) is 1. The summed E-state index contributed by atoms with van der Waals surface area (Å²) in [5.74, 6) is 0.804. The Balaban J connectivity index is 1.27. The SMILES string of the molecule is C[C@]12CC[C@H]3[C@]4(C=C[C@@]5(C=C4C(=O)c4ccco4)CC(O)CC[C@]35C)[C@@H]1CC[C@@]2(O)CN1CCN(CCO)CC1. The molecule has 2 spiro atoms. The number of nitrogens with zero attached hydrogens (tertiary/aromatic N) is 2. The maximum Gasteiger partial charge on any atom is 0.224 e. The van der Waals surface area contributed by atoms with Crippen molar-refractivity contribution in [3.05, 3.63) is 48.0 Å². The van der Waals surface area contributed by atoms with Gasteiger partial charge in [0.15, 0.2) is 5.76 Å². The third-order valence-electron chi connectivity index (χ3n) is 13.1. The maximum absolute atomic E-state index is 14.3. The van der Waals surface area contributed by atoms with Gasteiger partial charge in [0.2, 0.25) is 5.78 Å². The van der Waals surface area contributed by atoms with E-state index in [1.165, 1.54) is 0 Å². The van der Waals surface area contributed by atoms with Crippen molar-refractivity contribution in [2.24, 2.45) is 33.5 Å². The summed E-state index contributed by atoms with van der Waals surface area (Å²) in [6.07, 6.45) is 14.2. The quantitative estimate of drug-likeness (QED) is 0.367. The molecule has 1 unspecified atom stereocenters. The van der Waals surface area contributed by atoms with Gasteiger partial charge >= 0.3 is 0 Å². The zero-order chi connectivity index (χ0) is 28.0. The van der Waals surface area contributed by atoms with Gasteiger partial charge in [-0.2, -0.15) is 0 Å². The van der Waals surface area contributed by atoms with Crippen molar-refractivity contribution in [2.75, 3.05) is 45.9 Å². The summed E-state index contributed by atoms with van der Waals surface area (Å²) in [7, 11) is 0. The number of aliphatic hydroxyl groups excluding tert-OH is 2. The second-order valence-electron chi connectivity index (χ2n) is 14.5. The van der Waals surface area contributed by atoms with E-state index in [0.717, 1.165) is 70.3 Å². The molecular weight excluding hydrogens is 504 g/mol. The predicted molar refractivity (Wildman–Crippen MR) is 152 cm³/mol. The van der Waals surface area contributed by atoms with E-state index in [2.05, 4.69) is 41.9 Å². The highest BCUT2D eigenvalue weighted by Gasteiger charge is 2.74. The second-order valence-corrected chi connectivity index (χ2v) is 14.5. The molecule has 1 aromatic rings. The highest BCUT2D eigenvalue weighted by Crippen LogP contribution is 2.78. The number of aliphatic hydroxyl groups is 3. The molecule has 40 heavy (non-hydrogen) atoms. The van der Waals surface area contributed by atoms with E-state index in [-0.39, 0.29) is 40.7 Å². The van der Waals surface area contributed by atoms with Crippen molar-refractivity contribution < 1.29 is 24.5 Å². The minimum Gasteiger partial charge on any atom is -0.461 e. The number of piperazine rings is 1. The minimum absolute atomic E-state index is 0.0273. The van der Waals surface area contributed by atoms with Crippen LogP contribution in [-0.4, -0.2) is 88.5 Å². The van der Waals surface area contributed by atoms with Crippen LogP contribution >= 0.6 is 0 Å². The van der Waals surface area contributed by atoms with Crippen molar-refractivity contribution in [3.8, 4) is 0 Å². The zero-order valence-corrected chi connectivity index (χ0v) is 24.1. The van der Waals surface area contributed by atoms with Crippen LogP contribution in [0.3, 0.4) is 0 Å². The van der Waals surface area contributed by atoms with E-state index in [4.69, 9.17) is 4.42 Å². The normalized spacial score (nSPS) is 46.5. The fraction of sp³-hybridized carbons (Fsp3) is 0.727. The van der Waals surface area contributed by atoms with Gasteiger partial charge in [0.1, 0.15) is 0 Å². The lowest BCUT2D eigenvalue weighted by molar-refractivity contribution is -0.177. The van der Waals surface area contributed by atoms with Gasteiger partial charge in [0, 0.05) is 61.1 Å². The Hall–Kier alpha value is -1.77. The summed E-state index contributed by atoms with van der Waals surface area (Å²) in [5, 5.41) is 32.7. The van der Waals surface area contributed by atoms with Crippen LogP contribution in [0.1, 0.15) is 69.3 Å². The van der Waals surface area contributed by atoms with E-state index >= 15 is 0 Å². The maximum atomic E-state index is 14.3. The van der Waals surface area contributed by atoms with Crippen molar-refractivity contribution in [1.82, 2.24) is 9.80 Å². The van der Waals surface area contributed by atoms with E-state index in [1.54, 1.807) is 18.4 Å². The van der Waals surface area contributed by atoms with E-state index in [9.17, 15) is 20.1 Å². The summed E-state index contributed by atoms with van der Waals surface area (Å²) in [5.41, 5.74) is -1.09. The Morgan fingerprint density at radius 3 is 2.42 bits per heavy atom. The summed E-state index contributed by atoms with van der Waals surface area (Å²) in [6.45, 7) is 9.94. The molecule has 1 aromatic heterocycles. The van der Waals surface area contributed by atoms with Gasteiger partial charge in [0.05, 0.1) is 24.6 Å². The first-order chi connectivity index (χ1) is 19.1. The second kappa shape index (κ2) is 9.11. The Labute approximate surface area is 237 Å². The topological polar surface area (TPSA) is 97.4 Å². The molecule has 0 amide bonds. The van der Waals surface area contributed by atoms with Crippen molar-refractivity contribution in [2.45, 2.75) is 70.5 Å². The molecule has 3 saturated carbocycles. The molecule has 218 valence electrons. The van der Waals surface area contributed by atoms with Crippen LogP contribution < -0.4 is 0 Å². The van der Waals surface area contributed by atoms with E-state index < -0.39 is 11.0 Å². The summed E-state index contributed by atoms with van der Waals surface area (Å²) in [4.78, 5) is 19.0. The molecule has 2 heterocycles. The van der Waals surface area contributed by atoms with Crippen LogP contribution in [0, 0.1) is 33.5 Å². The molecule has 0 radical (unpaired) electrons. The lowest BCUT2D eigenvalue weighted by Crippen LogP contribution is -2.67. The number of carbonyl (C=O) groups is 1. The van der Waals surface area contributed by atoms with Gasteiger partial charge in [-0.25, -0.2) is 0 Å². The molecule has 7 heteroatoms. The molecule has 3 N–H and O–H groups in total. The molecule has 2 bridgehead atoms. The van der Waals surface area contributed by atoms with Crippen LogP contribution in [0.25, 0.3) is 0 Å². The fourth-order valence-corrected chi connectivity index (χ4v) is 10.8. The Bertz CT molecular complexity index is 1220. The van der Waals surface area contributed by atoms with Crippen LogP contribution in [0.15, 0.2) is 46.6 Å². The van der Waals surface area contributed by atoms with Crippen molar-refractivity contribution in [1.29, 1.82) is 0 Å². The number of hydrogen-bond donors (Lipinski definition) is 3. The molecular formula is C33H46N2O5. The first-order valence-electron chi connectivity index (χ1n) is 15.6. The molecule has 1 aliphatic heterocycles. The summed E-state index contributed by atoms with van der Waals surface area (Å²) < 4.78 is 5.68. The first kappa shape index (κ1) is 27.1. The average Bonchev–Trinajstić information content (AvgIpc) is 3.56. The molecule has 4 fully saturated rings. The molecule has 7 nitrogen and oxygen atoms in total. The van der Waals surface area contributed by atoms with Crippen LogP contribution in [-0.2, 0) is 0 Å². The van der Waals surface area contributed by atoms with Gasteiger partial charge in [-0.3, -0.25) is 14.6 Å². The number of allylic oxidation sites excluding steroid dienone is 4. The third kappa shape index (κ3) is 3.45. The Morgan fingerprint density at radius 2 is 1.70 bits per heavy atom. The fourth-order valence-electron chi connectivity index (χ4n) is 10.8. The number of hydrogen-bond acceptors (Lipinski definition) is 7. The molecule has 7 aliphatic rings. The van der Waals surface area contributed by atoms with Gasteiger partial charge in [-0.05, 0) is 74.3 Å². The highest BCUT2D eigenvalue weighted by molar-refractivity contribution is 6.08. The monoisotopic (exact) mass is 550 g/mol. The van der Waals surface area contributed by atoms with Crippen LogP contribution in [0.4, 0.5) is 0 Å². The largest absolute Gasteiger partial charge is 0.461 e. The number of carbonyl (C=O) groups excluding carboxylic acids is 1. The van der Waals surface area contributed by atoms with Crippen molar-refractivity contribution >= 4 is 5.78 Å². The van der Waals surface area contributed by atoms with Crippen LogP contribution in [0.5, 0.6) is 0 Å². The standard InChI is InChI=1S/C33H46N2O5/c1-29-8-5-23(37)20-31(29)11-12-33(24(21-31)28(38)25-4-3-19-40-25)26(29)6-9-30(2)27(33)7-10-32(30,39)22-35-15-13-34(14-16-35)17-18-36/h3-4,11-12,19,21,23,26-27,36-37,39H,5-10,13-18,20,22H2,1-2H3/t23?,26-,27-,29-,30+,31+,32-,33-/m1/s1. The number of furan rings is 1. The van der Waals surface area contributed by atoms with Gasteiger partial charge in [0.25, 0.3) is 0 Å². The van der Waals surface area contributed by atoms with Gasteiger partial charge in [-0.1, -0.05) is 32.1 Å². The molecule has 0 aromatic carbocycles. The smallest absolute Gasteiger partial charge is 0.224 e. The Morgan fingerprint density at radius 1 is 1.00 bits per heavy atom. The summed E-state index contributed by atoms with van der Waals surface area (Å²) >= 11 is 0. The number of β-amino-alcohol motifs (C(OH)–C–C–N with tert-alkyl or cyclic N) is 2. The predicted octanol–water partition coefficient (Wildman–Crippen LogP) is 3.66. The first-order valence-corrected chi connectivity index (χ1v) is 15.6. The third-order valence-corrected chi connectivity index (χ3v) is 13.1. The number of rotatable bonds is 6. The average molecular weight is 551 g/mol. The minimum atomic E-state index is -0.821. The number of fused-ring (bicyclic) bond motifs is 1. The van der Waals surface area contributed by atoms with Gasteiger partial charge in [-0.15, -0.1) is 0 Å². The summed E-state index contributed by atoms with van der Waals surface area (Å²) in [6, 6.07) is 3.56. The molecule has 8 atom stereocenters. The van der Waals surface area contributed by atoms with E-state index in [1.807, 2.05) is 0 Å². The van der Waals surface area contributed by atoms with Crippen molar-refractivity contribution in [3.63, 3.8) is 0 Å².